The maximum atomic E-state index is 4.49. The summed E-state index contributed by atoms with van der Waals surface area (Å²) < 4.78 is 1.92. The summed E-state index contributed by atoms with van der Waals surface area (Å²) >= 11 is 0. The van der Waals surface area contributed by atoms with Crippen molar-refractivity contribution in [3.05, 3.63) is 24.2 Å². The Morgan fingerprint density at radius 1 is 1.08 bits per heavy atom. The first-order valence-electron chi connectivity index (χ1n) is 9.19. The van der Waals surface area contributed by atoms with Crippen molar-refractivity contribution in [1.29, 1.82) is 0 Å². The normalized spacial score (nSPS) is 26.8. The zero-order valence-electron chi connectivity index (χ0n) is 14.8. The van der Waals surface area contributed by atoms with Crippen LogP contribution >= 0.6 is 0 Å². The van der Waals surface area contributed by atoms with Crippen LogP contribution in [0.2, 0.25) is 0 Å². The Bertz CT molecular complexity index is 680. The lowest BCUT2D eigenvalue weighted by Gasteiger charge is -2.41. The molecule has 0 bridgehead atoms. The zero-order valence-corrected chi connectivity index (χ0v) is 14.8. The van der Waals surface area contributed by atoms with Crippen LogP contribution in [-0.4, -0.2) is 69.7 Å². The van der Waals surface area contributed by atoms with Crippen molar-refractivity contribution in [2.75, 3.05) is 38.5 Å². The van der Waals surface area contributed by atoms with Crippen molar-refractivity contribution in [1.82, 2.24) is 24.4 Å². The van der Waals surface area contributed by atoms with Crippen LogP contribution in [0.1, 0.15) is 31.2 Å². The molecular formula is C18H28N6. The van der Waals surface area contributed by atoms with Gasteiger partial charge in [0, 0.05) is 44.5 Å². The van der Waals surface area contributed by atoms with E-state index in [1.165, 1.54) is 57.4 Å². The molecule has 2 aromatic heterocycles. The van der Waals surface area contributed by atoms with Crippen molar-refractivity contribution < 1.29 is 0 Å². The van der Waals surface area contributed by atoms with Gasteiger partial charge in [0.25, 0.3) is 0 Å². The third kappa shape index (κ3) is 3.13. The molecule has 2 fully saturated rings. The Labute approximate surface area is 143 Å². The Morgan fingerprint density at radius 2 is 1.83 bits per heavy atom. The lowest BCUT2D eigenvalue weighted by atomic mass is 9.89. The molecule has 24 heavy (non-hydrogen) atoms. The highest BCUT2D eigenvalue weighted by Crippen LogP contribution is 2.27. The predicted molar refractivity (Wildman–Crippen MR) is 96.5 cm³/mol. The van der Waals surface area contributed by atoms with Crippen LogP contribution in [0.3, 0.4) is 0 Å². The van der Waals surface area contributed by atoms with Gasteiger partial charge >= 0.3 is 0 Å². The van der Waals surface area contributed by atoms with Gasteiger partial charge in [-0.1, -0.05) is 0 Å². The molecule has 0 radical (unpaired) electrons. The monoisotopic (exact) mass is 328 g/mol. The Kier molecular flexibility index (Phi) is 4.41. The number of nitrogens with one attached hydrogen (secondary N) is 1. The topological polar surface area (TPSA) is 48.7 Å². The minimum Gasteiger partial charge on any atom is -0.365 e. The van der Waals surface area contributed by atoms with E-state index < -0.39 is 0 Å². The number of nitrogens with zero attached hydrogens (tertiary/aromatic N) is 5. The SMILES string of the molecule is Cc1ccn2ncnc(NC3CCC(N4CCN(C)CC4)CC3)c12. The second-order valence-corrected chi connectivity index (χ2v) is 7.39. The maximum Gasteiger partial charge on any atom is 0.154 e. The Morgan fingerprint density at radius 3 is 2.58 bits per heavy atom. The van der Waals surface area contributed by atoms with Crippen LogP contribution in [0.25, 0.3) is 5.52 Å². The Balaban J connectivity index is 1.37. The summed E-state index contributed by atoms with van der Waals surface area (Å²) in [5.74, 6) is 0.982. The van der Waals surface area contributed by atoms with E-state index in [1.54, 1.807) is 6.33 Å². The molecule has 1 N–H and O–H groups in total. The molecule has 130 valence electrons. The number of likely N-dealkylation sites (N-methyl/N-ethyl adjacent to an activating group) is 1. The Hall–Kier alpha value is -1.66. The van der Waals surface area contributed by atoms with Crippen LogP contribution in [0.4, 0.5) is 5.82 Å². The first kappa shape index (κ1) is 15.8. The molecule has 6 nitrogen and oxygen atoms in total. The van der Waals surface area contributed by atoms with Gasteiger partial charge in [0.2, 0.25) is 0 Å². The number of hydrogen-bond acceptors (Lipinski definition) is 5. The summed E-state index contributed by atoms with van der Waals surface area (Å²) in [6.07, 6.45) is 8.69. The van der Waals surface area contributed by atoms with Gasteiger partial charge in [-0.25, -0.2) is 9.50 Å². The van der Waals surface area contributed by atoms with E-state index in [1.807, 2.05) is 10.7 Å². The van der Waals surface area contributed by atoms with E-state index in [-0.39, 0.29) is 0 Å². The lowest BCUT2D eigenvalue weighted by Crippen LogP contribution is -2.50. The summed E-state index contributed by atoms with van der Waals surface area (Å²) in [5, 5.41) is 7.97. The fourth-order valence-corrected chi connectivity index (χ4v) is 4.18. The number of rotatable bonds is 3. The van der Waals surface area contributed by atoms with Gasteiger partial charge in [-0.3, -0.25) is 4.90 Å². The number of anilines is 1. The highest BCUT2D eigenvalue weighted by molar-refractivity contribution is 5.71. The van der Waals surface area contributed by atoms with Gasteiger partial charge < -0.3 is 10.2 Å². The van der Waals surface area contributed by atoms with Crippen molar-refractivity contribution in [2.45, 2.75) is 44.7 Å². The van der Waals surface area contributed by atoms with E-state index in [2.05, 4.69) is 45.2 Å². The van der Waals surface area contributed by atoms with Gasteiger partial charge in [0.05, 0.1) is 0 Å². The van der Waals surface area contributed by atoms with E-state index >= 15 is 0 Å². The van der Waals surface area contributed by atoms with Crippen LogP contribution in [0, 0.1) is 6.92 Å². The molecule has 2 aromatic rings. The van der Waals surface area contributed by atoms with Crippen molar-refractivity contribution in [2.24, 2.45) is 0 Å². The summed E-state index contributed by atoms with van der Waals surface area (Å²) in [7, 11) is 2.23. The van der Waals surface area contributed by atoms with Gasteiger partial charge in [-0.15, -0.1) is 0 Å². The minimum atomic E-state index is 0.529. The second-order valence-electron chi connectivity index (χ2n) is 7.39. The number of aromatic nitrogens is 3. The number of hydrogen-bond donors (Lipinski definition) is 1. The quantitative estimate of drug-likeness (QED) is 0.934. The van der Waals surface area contributed by atoms with Gasteiger partial charge in [0.15, 0.2) is 5.82 Å². The number of piperazine rings is 1. The smallest absolute Gasteiger partial charge is 0.154 e. The molecule has 0 aromatic carbocycles. The molecule has 6 heteroatoms. The second kappa shape index (κ2) is 6.69. The molecule has 0 amide bonds. The molecule has 1 saturated heterocycles. The molecule has 3 heterocycles. The van der Waals surface area contributed by atoms with Crippen LogP contribution < -0.4 is 5.32 Å². The van der Waals surface area contributed by atoms with Crippen molar-refractivity contribution >= 4 is 11.3 Å². The largest absolute Gasteiger partial charge is 0.365 e. The van der Waals surface area contributed by atoms with Crippen molar-refractivity contribution in [3.8, 4) is 0 Å². The van der Waals surface area contributed by atoms with Gasteiger partial charge in [-0.05, 0) is 51.3 Å². The first-order valence-corrected chi connectivity index (χ1v) is 9.19. The average Bonchev–Trinajstić information content (AvgIpc) is 2.99. The van der Waals surface area contributed by atoms with E-state index in [4.69, 9.17) is 0 Å². The molecule has 1 saturated carbocycles. The molecular weight excluding hydrogens is 300 g/mol. The minimum absolute atomic E-state index is 0.529. The van der Waals surface area contributed by atoms with Crippen LogP contribution in [0.15, 0.2) is 18.6 Å². The van der Waals surface area contributed by atoms with E-state index in [0.717, 1.165) is 17.4 Å². The molecule has 4 rings (SSSR count). The predicted octanol–water partition coefficient (Wildman–Crippen LogP) is 2.01. The molecule has 2 aliphatic rings. The summed E-state index contributed by atoms with van der Waals surface area (Å²) in [6.45, 7) is 7.01. The fraction of sp³-hybridized carbons (Fsp3) is 0.667. The van der Waals surface area contributed by atoms with Gasteiger partial charge in [-0.2, -0.15) is 5.10 Å². The highest BCUT2D eigenvalue weighted by Gasteiger charge is 2.28. The molecule has 0 spiro atoms. The van der Waals surface area contributed by atoms with Crippen molar-refractivity contribution in [3.63, 3.8) is 0 Å². The van der Waals surface area contributed by atoms with E-state index in [0.29, 0.717) is 6.04 Å². The van der Waals surface area contributed by atoms with Crippen LogP contribution in [-0.2, 0) is 0 Å². The average molecular weight is 328 g/mol. The standard InChI is InChI=1S/C18H28N6/c1-14-7-8-24-17(14)18(19-13-20-24)21-15-3-5-16(6-4-15)23-11-9-22(2)10-12-23/h7-8,13,15-16H,3-6,9-12H2,1-2H3,(H,19,20,21). The summed E-state index contributed by atoms with van der Waals surface area (Å²) in [4.78, 5) is 9.63. The summed E-state index contributed by atoms with van der Waals surface area (Å²) in [5.41, 5.74) is 2.34. The van der Waals surface area contributed by atoms with Crippen LogP contribution in [0.5, 0.6) is 0 Å². The maximum absolute atomic E-state index is 4.49. The molecule has 1 aliphatic carbocycles. The lowest BCUT2D eigenvalue weighted by molar-refractivity contribution is 0.0894. The summed E-state index contributed by atoms with van der Waals surface area (Å²) in [6, 6.07) is 3.40. The molecule has 0 unspecified atom stereocenters. The fourth-order valence-electron chi connectivity index (χ4n) is 4.18. The highest BCUT2D eigenvalue weighted by atomic mass is 15.3. The third-order valence-corrected chi connectivity index (χ3v) is 5.75. The number of fused-ring (bicyclic) bond motifs is 1. The molecule has 0 atom stereocenters. The number of aryl methyl sites for hydroxylation is 1. The van der Waals surface area contributed by atoms with E-state index in [9.17, 15) is 0 Å². The van der Waals surface area contributed by atoms with Gasteiger partial charge in [0.1, 0.15) is 11.8 Å². The third-order valence-electron chi connectivity index (χ3n) is 5.75. The zero-order chi connectivity index (χ0) is 16.5. The first-order chi connectivity index (χ1) is 11.7. The molecule has 1 aliphatic heterocycles.